The zero-order chi connectivity index (χ0) is 11.5. The van der Waals surface area contributed by atoms with E-state index in [1.807, 2.05) is 12.1 Å². The lowest BCUT2D eigenvalue weighted by molar-refractivity contribution is 1.00. The molecule has 0 aliphatic heterocycles. The molecule has 6 heteroatoms. The van der Waals surface area contributed by atoms with Gasteiger partial charge in [-0.25, -0.2) is 4.98 Å². The number of aromatic nitrogens is 2. The molecule has 2 aromatic heterocycles. The highest BCUT2D eigenvalue weighted by Crippen LogP contribution is 2.21. The van der Waals surface area contributed by atoms with Gasteiger partial charge in [0.1, 0.15) is 11.6 Å². The van der Waals surface area contributed by atoms with Gasteiger partial charge in [-0.3, -0.25) is 4.79 Å². The Labute approximate surface area is 101 Å². The quantitative estimate of drug-likeness (QED) is 0.886. The second kappa shape index (κ2) is 4.67. The summed E-state index contributed by atoms with van der Waals surface area (Å²) < 4.78 is 0.756. The van der Waals surface area contributed by atoms with Crippen molar-refractivity contribution in [2.75, 3.05) is 5.32 Å². The monoisotopic (exact) mass is 255 g/mol. The predicted molar refractivity (Wildman–Crippen MR) is 66.3 cm³/mol. The van der Waals surface area contributed by atoms with Gasteiger partial charge in [0, 0.05) is 10.9 Å². The molecule has 0 aromatic carbocycles. The first-order valence-corrected chi connectivity index (χ1v) is 5.89. The lowest BCUT2D eigenvalue weighted by Gasteiger charge is -2.03. The van der Waals surface area contributed by atoms with E-state index in [9.17, 15) is 4.79 Å². The van der Waals surface area contributed by atoms with E-state index in [4.69, 9.17) is 11.6 Å². The minimum Gasteiger partial charge on any atom is -0.365 e. The summed E-state index contributed by atoms with van der Waals surface area (Å²) in [6.45, 7) is 2.36. The number of hydrogen-bond donors (Lipinski definition) is 2. The molecule has 4 nitrogen and oxygen atoms in total. The average molecular weight is 256 g/mol. The fourth-order valence-corrected chi connectivity index (χ4v) is 2.32. The average Bonchev–Trinajstić information content (AvgIpc) is 2.60. The molecule has 0 saturated heterocycles. The number of hydrogen-bond acceptors (Lipinski definition) is 4. The molecule has 0 amide bonds. The number of H-pyrrole nitrogens is 1. The Balaban J connectivity index is 2.07. The van der Waals surface area contributed by atoms with Gasteiger partial charge in [0.25, 0.3) is 5.56 Å². The van der Waals surface area contributed by atoms with Gasteiger partial charge >= 0.3 is 0 Å². The van der Waals surface area contributed by atoms with Crippen LogP contribution in [0, 0.1) is 6.92 Å². The van der Waals surface area contributed by atoms with Crippen LogP contribution in [0.5, 0.6) is 0 Å². The molecule has 0 aliphatic rings. The molecule has 2 N–H and O–H groups in total. The van der Waals surface area contributed by atoms with E-state index in [1.165, 1.54) is 17.4 Å². The molecule has 0 unspecified atom stereocenters. The second-order valence-electron chi connectivity index (χ2n) is 3.28. The summed E-state index contributed by atoms with van der Waals surface area (Å²) in [5.41, 5.74) is -0.154. The van der Waals surface area contributed by atoms with Gasteiger partial charge in [-0.2, -0.15) is 0 Å². The van der Waals surface area contributed by atoms with Crippen molar-refractivity contribution >= 4 is 28.8 Å². The predicted octanol–water partition coefficient (Wildman–Crippen LogP) is 2.41. The van der Waals surface area contributed by atoms with Crippen LogP contribution in [0.4, 0.5) is 5.82 Å². The van der Waals surface area contributed by atoms with Crippen molar-refractivity contribution in [3.8, 4) is 0 Å². The van der Waals surface area contributed by atoms with Crippen LogP contribution >= 0.6 is 22.9 Å². The molecule has 0 atom stereocenters. The maximum Gasteiger partial charge on any atom is 0.252 e. The summed E-state index contributed by atoms with van der Waals surface area (Å²) >= 11 is 7.32. The van der Waals surface area contributed by atoms with Gasteiger partial charge < -0.3 is 10.3 Å². The van der Waals surface area contributed by atoms with Crippen molar-refractivity contribution in [1.29, 1.82) is 0 Å². The Morgan fingerprint density at radius 2 is 2.38 bits per heavy atom. The smallest absolute Gasteiger partial charge is 0.252 e. The largest absolute Gasteiger partial charge is 0.365 e. The third kappa shape index (κ3) is 2.84. The first kappa shape index (κ1) is 11.2. The molecule has 16 heavy (non-hydrogen) atoms. The van der Waals surface area contributed by atoms with E-state index >= 15 is 0 Å². The van der Waals surface area contributed by atoms with Gasteiger partial charge in [-0.1, -0.05) is 11.6 Å². The zero-order valence-electron chi connectivity index (χ0n) is 8.58. The van der Waals surface area contributed by atoms with E-state index in [2.05, 4.69) is 15.3 Å². The van der Waals surface area contributed by atoms with E-state index in [1.54, 1.807) is 6.92 Å². The molecule has 0 spiro atoms. The van der Waals surface area contributed by atoms with Gasteiger partial charge in [-0.15, -0.1) is 11.3 Å². The van der Waals surface area contributed by atoms with Gasteiger partial charge in [0.15, 0.2) is 0 Å². The Bertz CT molecular complexity index is 549. The number of rotatable bonds is 3. The standard InChI is InChI=1S/C10H10ClN3OS/c1-6-13-9(4-10(15)14-6)12-5-7-2-3-8(11)16-7/h2-4H,5H2,1H3,(H2,12,13,14,15). The van der Waals surface area contributed by atoms with Crippen molar-refractivity contribution in [3.05, 3.63) is 43.6 Å². The molecule has 0 saturated carbocycles. The number of halogens is 1. The first-order chi connectivity index (χ1) is 7.63. The molecule has 2 rings (SSSR count). The summed E-state index contributed by atoms with van der Waals surface area (Å²) in [5.74, 6) is 1.17. The minimum atomic E-state index is -0.154. The fraction of sp³-hybridized carbons (Fsp3) is 0.200. The lowest BCUT2D eigenvalue weighted by Crippen LogP contribution is -2.11. The summed E-state index contributed by atoms with van der Waals surface area (Å²) in [6.07, 6.45) is 0. The summed E-state index contributed by atoms with van der Waals surface area (Å²) in [6, 6.07) is 5.22. The Morgan fingerprint density at radius 3 is 3.00 bits per heavy atom. The maximum atomic E-state index is 11.2. The summed E-state index contributed by atoms with van der Waals surface area (Å²) in [4.78, 5) is 19.0. The number of aryl methyl sites for hydroxylation is 1. The molecule has 0 aliphatic carbocycles. The highest BCUT2D eigenvalue weighted by molar-refractivity contribution is 7.16. The molecule has 0 radical (unpaired) electrons. The Hall–Kier alpha value is -1.33. The SMILES string of the molecule is Cc1nc(NCc2ccc(Cl)s2)cc(=O)[nH]1. The fourth-order valence-electron chi connectivity index (χ4n) is 1.29. The van der Waals surface area contributed by atoms with E-state index in [-0.39, 0.29) is 5.56 Å². The molecule has 84 valence electrons. The second-order valence-corrected chi connectivity index (χ2v) is 5.08. The van der Waals surface area contributed by atoms with Gasteiger partial charge in [0.05, 0.1) is 10.9 Å². The molecule has 0 bridgehead atoms. The van der Waals surface area contributed by atoms with Gasteiger partial charge in [-0.05, 0) is 19.1 Å². The number of anilines is 1. The van der Waals surface area contributed by atoms with Crippen molar-refractivity contribution in [3.63, 3.8) is 0 Å². The highest BCUT2D eigenvalue weighted by atomic mass is 35.5. The minimum absolute atomic E-state index is 0.154. The number of thiophene rings is 1. The van der Waals surface area contributed by atoms with Crippen molar-refractivity contribution < 1.29 is 0 Å². The normalized spacial score (nSPS) is 10.4. The topological polar surface area (TPSA) is 57.8 Å². The third-order valence-corrected chi connectivity index (χ3v) is 3.16. The summed E-state index contributed by atoms with van der Waals surface area (Å²) in [5, 5.41) is 3.08. The van der Waals surface area contributed by atoms with Crippen molar-refractivity contribution in [2.24, 2.45) is 0 Å². The molecule has 2 heterocycles. The number of nitrogens with zero attached hydrogens (tertiary/aromatic N) is 1. The van der Waals surface area contributed by atoms with Crippen molar-refractivity contribution in [2.45, 2.75) is 13.5 Å². The molecular weight excluding hydrogens is 246 g/mol. The lowest BCUT2D eigenvalue weighted by atomic mass is 10.4. The van der Waals surface area contributed by atoms with E-state index < -0.39 is 0 Å². The zero-order valence-corrected chi connectivity index (χ0v) is 10.2. The van der Waals surface area contributed by atoms with Crippen LogP contribution in [-0.2, 0) is 6.54 Å². The van der Waals surface area contributed by atoms with Crippen LogP contribution in [0.15, 0.2) is 23.0 Å². The highest BCUT2D eigenvalue weighted by Gasteiger charge is 2.00. The number of aromatic amines is 1. The molecule has 0 fully saturated rings. The summed E-state index contributed by atoms with van der Waals surface area (Å²) in [7, 11) is 0. The molecular formula is C10H10ClN3OS. The first-order valence-electron chi connectivity index (χ1n) is 4.69. The van der Waals surface area contributed by atoms with E-state index in [0.717, 1.165) is 9.21 Å². The van der Waals surface area contributed by atoms with Crippen LogP contribution in [0.2, 0.25) is 4.34 Å². The number of nitrogens with one attached hydrogen (secondary N) is 2. The Kier molecular flexibility index (Phi) is 3.26. The Morgan fingerprint density at radius 1 is 1.56 bits per heavy atom. The van der Waals surface area contributed by atoms with Crippen LogP contribution in [0.1, 0.15) is 10.7 Å². The van der Waals surface area contributed by atoms with Crippen molar-refractivity contribution in [1.82, 2.24) is 9.97 Å². The van der Waals surface area contributed by atoms with Crippen LogP contribution in [-0.4, -0.2) is 9.97 Å². The molecule has 2 aromatic rings. The third-order valence-electron chi connectivity index (χ3n) is 1.93. The maximum absolute atomic E-state index is 11.2. The van der Waals surface area contributed by atoms with Crippen LogP contribution in [0.25, 0.3) is 0 Å². The van der Waals surface area contributed by atoms with Crippen LogP contribution < -0.4 is 10.9 Å². The van der Waals surface area contributed by atoms with Gasteiger partial charge in [0.2, 0.25) is 0 Å². The van der Waals surface area contributed by atoms with E-state index in [0.29, 0.717) is 18.2 Å². The van der Waals surface area contributed by atoms with Crippen LogP contribution in [0.3, 0.4) is 0 Å².